The average molecular weight is 267 g/mol. The molecular formula is C13H21N3OS. The van der Waals surface area contributed by atoms with E-state index in [0.717, 1.165) is 50.4 Å². The van der Waals surface area contributed by atoms with Crippen LogP contribution in [0, 0.1) is 0 Å². The van der Waals surface area contributed by atoms with Crippen molar-refractivity contribution in [3.05, 3.63) is 18.7 Å². The van der Waals surface area contributed by atoms with Crippen molar-refractivity contribution in [3.8, 4) is 0 Å². The van der Waals surface area contributed by atoms with Gasteiger partial charge in [0.05, 0.1) is 6.33 Å². The zero-order valence-electron chi connectivity index (χ0n) is 10.8. The van der Waals surface area contributed by atoms with Crippen LogP contribution in [0.3, 0.4) is 0 Å². The van der Waals surface area contributed by atoms with E-state index in [0.29, 0.717) is 12.3 Å². The van der Waals surface area contributed by atoms with E-state index in [2.05, 4.69) is 9.55 Å². The van der Waals surface area contributed by atoms with Crippen molar-refractivity contribution >= 4 is 17.7 Å². The smallest absolute Gasteiger partial charge is 0.222 e. The highest BCUT2D eigenvalue weighted by molar-refractivity contribution is 7.99. The molecule has 1 aliphatic heterocycles. The minimum Gasteiger partial charge on any atom is -0.341 e. The van der Waals surface area contributed by atoms with Gasteiger partial charge in [-0.1, -0.05) is 6.42 Å². The number of nitrogens with zero attached hydrogens (tertiary/aromatic N) is 3. The molecule has 0 aliphatic carbocycles. The zero-order valence-corrected chi connectivity index (χ0v) is 11.6. The second-order valence-electron chi connectivity index (χ2n) is 4.60. The molecule has 18 heavy (non-hydrogen) atoms. The zero-order chi connectivity index (χ0) is 12.6. The number of amides is 1. The number of carbonyl (C=O) groups excluding carboxylic acids is 1. The monoisotopic (exact) mass is 267 g/mol. The van der Waals surface area contributed by atoms with Crippen LogP contribution in [0.25, 0.3) is 0 Å². The summed E-state index contributed by atoms with van der Waals surface area (Å²) in [5, 5.41) is 0. The molecule has 0 aromatic carbocycles. The number of aryl methyl sites for hydroxylation is 1. The normalized spacial score (nSPS) is 15.9. The molecule has 1 aromatic rings. The first kappa shape index (κ1) is 13.5. The van der Waals surface area contributed by atoms with E-state index in [9.17, 15) is 4.79 Å². The highest BCUT2D eigenvalue weighted by Crippen LogP contribution is 2.12. The Balaban J connectivity index is 1.53. The molecule has 2 heterocycles. The Kier molecular flexibility index (Phi) is 5.58. The lowest BCUT2D eigenvalue weighted by atomic mass is 10.2. The molecule has 0 atom stereocenters. The van der Waals surface area contributed by atoms with E-state index < -0.39 is 0 Å². The van der Waals surface area contributed by atoms with E-state index in [1.54, 1.807) is 6.20 Å². The van der Waals surface area contributed by atoms with Gasteiger partial charge in [-0.15, -0.1) is 0 Å². The van der Waals surface area contributed by atoms with Crippen LogP contribution < -0.4 is 0 Å². The maximum Gasteiger partial charge on any atom is 0.222 e. The molecule has 0 spiro atoms. The van der Waals surface area contributed by atoms with Crippen LogP contribution in [0.1, 0.15) is 25.7 Å². The van der Waals surface area contributed by atoms with Gasteiger partial charge in [-0.25, -0.2) is 4.98 Å². The van der Waals surface area contributed by atoms with E-state index >= 15 is 0 Å². The molecule has 1 aliphatic rings. The number of aromatic nitrogens is 2. The molecule has 1 fully saturated rings. The first-order valence-corrected chi connectivity index (χ1v) is 7.83. The molecule has 1 saturated heterocycles. The second kappa shape index (κ2) is 7.46. The molecular weight excluding hydrogens is 246 g/mol. The number of hydrogen-bond donors (Lipinski definition) is 0. The number of rotatable bonds is 6. The fourth-order valence-electron chi connectivity index (χ4n) is 2.14. The summed E-state index contributed by atoms with van der Waals surface area (Å²) in [5.41, 5.74) is 0. The molecule has 4 nitrogen and oxygen atoms in total. The maximum absolute atomic E-state index is 11.9. The number of unbranched alkanes of at least 4 members (excludes halogenated alkanes) is 2. The Morgan fingerprint density at radius 1 is 1.22 bits per heavy atom. The summed E-state index contributed by atoms with van der Waals surface area (Å²) in [6.45, 7) is 2.89. The number of carbonyl (C=O) groups is 1. The van der Waals surface area contributed by atoms with E-state index in [1.807, 2.05) is 29.2 Å². The van der Waals surface area contributed by atoms with Gasteiger partial charge in [-0.2, -0.15) is 11.8 Å². The van der Waals surface area contributed by atoms with Crippen molar-refractivity contribution < 1.29 is 4.79 Å². The quantitative estimate of drug-likeness (QED) is 0.740. The maximum atomic E-state index is 11.9. The van der Waals surface area contributed by atoms with Gasteiger partial charge in [0.2, 0.25) is 5.91 Å². The van der Waals surface area contributed by atoms with Crippen molar-refractivity contribution in [2.24, 2.45) is 0 Å². The Bertz CT molecular complexity index is 347. The Labute approximate surface area is 113 Å². The van der Waals surface area contributed by atoms with Crippen molar-refractivity contribution in [3.63, 3.8) is 0 Å². The molecule has 0 bridgehead atoms. The highest BCUT2D eigenvalue weighted by Gasteiger charge is 2.15. The van der Waals surface area contributed by atoms with Crippen LogP contribution in [0.4, 0.5) is 0 Å². The predicted octanol–water partition coefficient (Wildman–Crippen LogP) is 2.02. The lowest BCUT2D eigenvalue weighted by Crippen LogP contribution is -2.37. The van der Waals surface area contributed by atoms with Gasteiger partial charge in [0, 0.05) is 50.0 Å². The summed E-state index contributed by atoms with van der Waals surface area (Å²) < 4.78 is 2.09. The van der Waals surface area contributed by atoms with Gasteiger partial charge in [0.1, 0.15) is 0 Å². The highest BCUT2D eigenvalue weighted by atomic mass is 32.2. The Morgan fingerprint density at radius 2 is 2.06 bits per heavy atom. The standard InChI is InChI=1S/C13H21N3OS/c17-13(16-8-10-18-11-9-16)4-2-1-3-6-15-7-5-14-12-15/h5,7,12H,1-4,6,8-11H2. The molecule has 0 unspecified atom stereocenters. The van der Waals surface area contributed by atoms with Crippen molar-refractivity contribution in [2.75, 3.05) is 24.6 Å². The summed E-state index contributed by atoms with van der Waals surface area (Å²) in [6, 6.07) is 0. The molecule has 1 aromatic heterocycles. The largest absolute Gasteiger partial charge is 0.341 e. The lowest BCUT2D eigenvalue weighted by molar-refractivity contribution is -0.130. The lowest BCUT2D eigenvalue weighted by Gasteiger charge is -2.26. The van der Waals surface area contributed by atoms with Crippen LogP contribution in [0.5, 0.6) is 0 Å². The summed E-state index contributed by atoms with van der Waals surface area (Å²) in [6.07, 6.45) is 9.60. The van der Waals surface area contributed by atoms with Crippen LogP contribution in [0.2, 0.25) is 0 Å². The molecule has 0 saturated carbocycles. The second-order valence-corrected chi connectivity index (χ2v) is 5.83. The van der Waals surface area contributed by atoms with E-state index in [4.69, 9.17) is 0 Å². The number of imidazole rings is 1. The Hall–Kier alpha value is -0.970. The third-order valence-corrected chi connectivity index (χ3v) is 4.17. The molecule has 1 amide bonds. The summed E-state index contributed by atoms with van der Waals surface area (Å²) in [5.74, 6) is 2.55. The van der Waals surface area contributed by atoms with Crippen LogP contribution in [0.15, 0.2) is 18.7 Å². The number of thioether (sulfide) groups is 1. The summed E-state index contributed by atoms with van der Waals surface area (Å²) in [4.78, 5) is 17.9. The third kappa shape index (κ3) is 4.37. The molecule has 0 radical (unpaired) electrons. The minimum atomic E-state index is 0.345. The van der Waals surface area contributed by atoms with Gasteiger partial charge in [0.25, 0.3) is 0 Å². The van der Waals surface area contributed by atoms with Crippen molar-refractivity contribution in [1.29, 1.82) is 0 Å². The molecule has 100 valence electrons. The minimum absolute atomic E-state index is 0.345. The van der Waals surface area contributed by atoms with Gasteiger partial charge < -0.3 is 9.47 Å². The Morgan fingerprint density at radius 3 is 2.78 bits per heavy atom. The summed E-state index contributed by atoms with van der Waals surface area (Å²) >= 11 is 1.94. The SMILES string of the molecule is O=C(CCCCCn1ccnc1)N1CCSCC1. The van der Waals surface area contributed by atoms with E-state index in [1.165, 1.54) is 0 Å². The van der Waals surface area contributed by atoms with Crippen LogP contribution >= 0.6 is 11.8 Å². The average Bonchev–Trinajstić information content (AvgIpc) is 2.92. The molecule has 2 rings (SSSR count). The molecule has 5 heteroatoms. The topological polar surface area (TPSA) is 38.1 Å². The van der Waals surface area contributed by atoms with Crippen LogP contribution in [-0.4, -0.2) is 45.0 Å². The summed E-state index contributed by atoms with van der Waals surface area (Å²) in [7, 11) is 0. The van der Waals surface area contributed by atoms with Crippen molar-refractivity contribution in [2.45, 2.75) is 32.2 Å². The van der Waals surface area contributed by atoms with E-state index in [-0.39, 0.29) is 0 Å². The first-order valence-electron chi connectivity index (χ1n) is 6.67. The van der Waals surface area contributed by atoms with Gasteiger partial charge in [-0.05, 0) is 12.8 Å². The van der Waals surface area contributed by atoms with Crippen molar-refractivity contribution in [1.82, 2.24) is 14.5 Å². The fraction of sp³-hybridized carbons (Fsp3) is 0.692. The van der Waals surface area contributed by atoms with Gasteiger partial charge in [0.15, 0.2) is 0 Å². The molecule has 0 N–H and O–H groups in total. The van der Waals surface area contributed by atoms with Gasteiger partial charge >= 0.3 is 0 Å². The number of hydrogen-bond acceptors (Lipinski definition) is 3. The third-order valence-electron chi connectivity index (χ3n) is 3.23. The fourth-order valence-corrected chi connectivity index (χ4v) is 3.04. The van der Waals surface area contributed by atoms with Gasteiger partial charge in [-0.3, -0.25) is 4.79 Å². The first-order chi connectivity index (χ1) is 8.86. The van der Waals surface area contributed by atoms with Crippen LogP contribution in [-0.2, 0) is 11.3 Å². The predicted molar refractivity (Wildman–Crippen MR) is 74.6 cm³/mol.